The van der Waals surface area contributed by atoms with E-state index in [2.05, 4.69) is 5.32 Å². The van der Waals surface area contributed by atoms with Gasteiger partial charge in [-0.25, -0.2) is 0 Å². The molecular formula is C7H13NO2. The largest absolute Gasteiger partial charge is 0.393 e. The molecule has 3 heteroatoms. The van der Waals surface area contributed by atoms with Crippen molar-refractivity contribution in [2.45, 2.75) is 25.9 Å². The lowest BCUT2D eigenvalue weighted by molar-refractivity contribution is -0.123. The Hall–Kier alpha value is -0.570. The van der Waals surface area contributed by atoms with Gasteiger partial charge in [-0.05, 0) is 13.3 Å². The van der Waals surface area contributed by atoms with E-state index in [1.807, 2.05) is 0 Å². The molecule has 0 aliphatic carbocycles. The highest BCUT2D eigenvalue weighted by molar-refractivity contribution is 5.76. The molecule has 0 aromatic carbocycles. The number of piperidine rings is 1. The molecule has 10 heavy (non-hydrogen) atoms. The highest BCUT2D eigenvalue weighted by Crippen LogP contribution is 2.13. The van der Waals surface area contributed by atoms with E-state index in [1.165, 1.54) is 0 Å². The molecule has 1 aliphatic heterocycles. The molecule has 0 aromatic rings. The van der Waals surface area contributed by atoms with Crippen LogP contribution >= 0.6 is 0 Å². The number of aliphatic hydroxyl groups is 1. The molecule has 1 rings (SSSR count). The summed E-state index contributed by atoms with van der Waals surface area (Å²) in [6, 6.07) is 0. The first-order chi connectivity index (χ1) is 4.70. The lowest BCUT2D eigenvalue weighted by Gasteiger charge is -2.24. The van der Waals surface area contributed by atoms with E-state index >= 15 is 0 Å². The summed E-state index contributed by atoms with van der Waals surface area (Å²) in [4.78, 5) is 10.6. The molecule has 1 saturated heterocycles. The minimum absolute atomic E-state index is 0.108. The van der Waals surface area contributed by atoms with E-state index in [4.69, 9.17) is 5.11 Å². The Morgan fingerprint density at radius 2 is 2.50 bits per heavy atom. The van der Waals surface area contributed by atoms with Crippen molar-refractivity contribution in [3.8, 4) is 0 Å². The van der Waals surface area contributed by atoms with Gasteiger partial charge in [0.1, 0.15) is 0 Å². The quantitative estimate of drug-likeness (QED) is 0.538. The SMILES string of the molecule is CC(O)C1CCC(=O)NC1. The highest BCUT2D eigenvalue weighted by Gasteiger charge is 2.21. The molecule has 2 N–H and O–H groups in total. The van der Waals surface area contributed by atoms with Crippen molar-refractivity contribution in [2.75, 3.05) is 6.54 Å². The van der Waals surface area contributed by atoms with Gasteiger partial charge in [-0.3, -0.25) is 4.79 Å². The van der Waals surface area contributed by atoms with Gasteiger partial charge < -0.3 is 10.4 Å². The Morgan fingerprint density at radius 1 is 1.80 bits per heavy atom. The third kappa shape index (κ3) is 1.70. The molecule has 0 saturated carbocycles. The zero-order chi connectivity index (χ0) is 7.56. The molecule has 3 nitrogen and oxygen atoms in total. The van der Waals surface area contributed by atoms with Gasteiger partial charge in [-0.2, -0.15) is 0 Å². The van der Waals surface area contributed by atoms with Gasteiger partial charge in [-0.1, -0.05) is 0 Å². The Bertz CT molecular complexity index is 124. The van der Waals surface area contributed by atoms with Gasteiger partial charge in [0.05, 0.1) is 6.10 Å². The predicted molar refractivity (Wildman–Crippen MR) is 37.4 cm³/mol. The minimum atomic E-state index is -0.291. The van der Waals surface area contributed by atoms with Crippen molar-refractivity contribution in [1.29, 1.82) is 0 Å². The standard InChI is InChI=1S/C7H13NO2/c1-5(9)6-2-3-7(10)8-4-6/h5-6,9H,2-4H2,1H3,(H,8,10). The molecule has 0 aromatic heterocycles. The summed E-state index contributed by atoms with van der Waals surface area (Å²) in [5, 5.41) is 11.8. The monoisotopic (exact) mass is 143 g/mol. The van der Waals surface area contributed by atoms with Crippen LogP contribution in [0.5, 0.6) is 0 Å². The van der Waals surface area contributed by atoms with Crippen LogP contribution < -0.4 is 5.32 Å². The molecule has 58 valence electrons. The average Bonchev–Trinajstić information content (AvgIpc) is 1.88. The van der Waals surface area contributed by atoms with Crippen LogP contribution in [0.2, 0.25) is 0 Å². The Labute approximate surface area is 60.4 Å². The summed E-state index contributed by atoms with van der Waals surface area (Å²) in [7, 11) is 0. The molecular weight excluding hydrogens is 130 g/mol. The van der Waals surface area contributed by atoms with E-state index < -0.39 is 0 Å². The number of hydrogen-bond acceptors (Lipinski definition) is 2. The van der Waals surface area contributed by atoms with Crippen LogP contribution in [0.3, 0.4) is 0 Å². The minimum Gasteiger partial charge on any atom is -0.393 e. The van der Waals surface area contributed by atoms with Gasteiger partial charge in [0.2, 0.25) is 5.91 Å². The predicted octanol–water partition coefficient (Wildman–Crippen LogP) is -0.107. The van der Waals surface area contributed by atoms with Crippen molar-refractivity contribution in [1.82, 2.24) is 5.32 Å². The molecule has 1 amide bonds. The van der Waals surface area contributed by atoms with Crippen LogP contribution in [0.25, 0.3) is 0 Å². The Kier molecular flexibility index (Phi) is 2.27. The zero-order valence-electron chi connectivity index (χ0n) is 6.13. The van der Waals surface area contributed by atoms with Crippen molar-refractivity contribution >= 4 is 5.91 Å². The van der Waals surface area contributed by atoms with Gasteiger partial charge >= 0.3 is 0 Å². The van der Waals surface area contributed by atoms with E-state index in [1.54, 1.807) is 6.92 Å². The fourth-order valence-corrected chi connectivity index (χ4v) is 1.16. The first-order valence-electron chi connectivity index (χ1n) is 3.65. The van der Waals surface area contributed by atoms with Crippen LogP contribution in [0, 0.1) is 5.92 Å². The second-order valence-electron chi connectivity index (χ2n) is 2.84. The number of hydrogen-bond donors (Lipinski definition) is 2. The second kappa shape index (κ2) is 3.01. The molecule has 1 aliphatic rings. The number of amides is 1. The van der Waals surface area contributed by atoms with E-state index in [0.29, 0.717) is 13.0 Å². The summed E-state index contributed by atoms with van der Waals surface area (Å²) >= 11 is 0. The zero-order valence-corrected chi connectivity index (χ0v) is 6.13. The Morgan fingerprint density at radius 3 is 2.90 bits per heavy atom. The van der Waals surface area contributed by atoms with Crippen LogP contribution in [-0.4, -0.2) is 23.7 Å². The third-order valence-electron chi connectivity index (χ3n) is 1.99. The fraction of sp³-hybridized carbons (Fsp3) is 0.857. The van der Waals surface area contributed by atoms with Crippen molar-refractivity contribution < 1.29 is 9.90 Å². The van der Waals surface area contributed by atoms with E-state index in [-0.39, 0.29) is 17.9 Å². The van der Waals surface area contributed by atoms with Gasteiger partial charge in [-0.15, -0.1) is 0 Å². The maximum absolute atomic E-state index is 10.6. The molecule has 2 unspecified atom stereocenters. The molecule has 0 spiro atoms. The summed E-state index contributed by atoms with van der Waals surface area (Å²) in [5.41, 5.74) is 0. The average molecular weight is 143 g/mol. The summed E-state index contributed by atoms with van der Waals surface area (Å²) < 4.78 is 0. The molecule has 0 bridgehead atoms. The maximum atomic E-state index is 10.6. The smallest absolute Gasteiger partial charge is 0.220 e. The highest BCUT2D eigenvalue weighted by atomic mass is 16.3. The van der Waals surface area contributed by atoms with Gasteiger partial charge in [0.25, 0.3) is 0 Å². The van der Waals surface area contributed by atoms with Crippen LogP contribution in [0.15, 0.2) is 0 Å². The first kappa shape index (κ1) is 7.54. The van der Waals surface area contributed by atoms with E-state index in [9.17, 15) is 4.79 Å². The maximum Gasteiger partial charge on any atom is 0.220 e. The number of carbonyl (C=O) groups is 1. The molecule has 2 atom stereocenters. The van der Waals surface area contributed by atoms with E-state index in [0.717, 1.165) is 6.42 Å². The number of rotatable bonds is 1. The molecule has 1 fully saturated rings. The third-order valence-corrected chi connectivity index (χ3v) is 1.99. The second-order valence-corrected chi connectivity index (χ2v) is 2.84. The fourth-order valence-electron chi connectivity index (χ4n) is 1.16. The molecule has 1 heterocycles. The lowest BCUT2D eigenvalue weighted by atomic mass is 9.95. The number of nitrogens with one attached hydrogen (secondary N) is 1. The summed E-state index contributed by atoms with van der Waals surface area (Å²) in [6.07, 6.45) is 1.10. The first-order valence-corrected chi connectivity index (χ1v) is 3.65. The van der Waals surface area contributed by atoms with Crippen molar-refractivity contribution in [2.24, 2.45) is 5.92 Å². The normalized spacial score (nSPS) is 29.4. The van der Waals surface area contributed by atoms with Gasteiger partial charge in [0, 0.05) is 18.9 Å². The van der Waals surface area contributed by atoms with Crippen molar-refractivity contribution in [3.05, 3.63) is 0 Å². The topological polar surface area (TPSA) is 49.3 Å². The lowest BCUT2D eigenvalue weighted by Crippen LogP contribution is -2.39. The summed E-state index contributed by atoms with van der Waals surface area (Å²) in [6.45, 7) is 2.40. The van der Waals surface area contributed by atoms with Gasteiger partial charge in [0.15, 0.2) is 0 Å². The number of carbonyl (C=O) groups excluding carboxylic acids is 1. The molecule has 0 radical (unpaired) electrons. The number of aliphatic hydroxyl groups excluding tert-OH is 1. The summed E-state index contributed by atoms with van der Waals surface area (Å²) in [5.74, 6) is 0.370. The van der Waals surface area contributed by atoms with Crippen molar-refractivity contribution in [3.63, 3.8) is 0 Å². The van der Waals surface area contributed by atoms with Crippen LogP contribution in [-0.2, 0) is 4.79 Å². The van der Waals surface area contributed by atoms with Crippen LogP contribution in [0.4, 0.5) is 0 Å². The van der Waals surface area contributed by atoms with Crippen LogP contribution in [0.1, 0.15) is 19.8 Å². The Balaban J connectivity index is 2.33.